The van der Waals surface area contributed by atoms with Gasteiger partial charge in [-0.15, -0.1) is 0 Å². The molecule has 5 nitrogen and oxygen atoms in total. The largest absolute Gasteiger partial charge is 0.504 e. The molecule has 0 saturated heterocycles. The fourth-order valence-electron chi connectivity index (χ4n) is 3.77. The molecule has 6 heteroatoms. The summed E-state index contributed by atoms with van der Waals surface area (Å²) in [5, 5.41) is 15.1. The highest BCUT2D eigenvalue weighted by molar-refractivity contribution is 6.30. The number of hydrogen-bond donors (Lipinski definition) is 2. The Morgan fingerprint density at radius 2 is 1.81 bits per heavy atom. The summed E-state index contributed by atoms with van der Waals surface area (Å²) in [5.41, 5.74) is 3.76. The van der Waals surface area contributed by atoms with Crippen molar-refractivity contribution >= 4 is 17.3 Å². The first-order valence-electron chi connectivity index (χ1n) is 10.3. The Morgan fingerprint density at radius 3 is 2.48 bits per heavy atom. The third kappa shape index (κ3) is 4.68. The molecule has 0 spiro atoms. The first kappa shape index (κ1) is 21.2. The lowest BCUT2D eigenvalue weighted by atomic mass is 9.93. The van der Waals surface area contributed by atoms with Crippen LogP contribution in [0.2, 0.25) is 5.02 Å². The maximum absolute atomic E-state index is 10.9. The van der Waals surface area contributed by atoms with E-state index in [2.05, 4.69) is 5.32 Å². The van der Waals surface area contributed by atoms with Gasteiger partial charge >= 0.3 is 0 Å². The van der Waals surface area contributed by atoms with E-state index >= 15 is 0 Å². The number of halogens is 1. The van der Waals surface area contributed by atoms with Crippen molar-refractivity contribution in [2.24, 2.45) is 4.99 Å². The zero-order valence-corrected chi connectivity index (χ0v) is 18.3. The van der Waals surface area contributed by atoms with Gasteiger partial charge in [0, 0.05) is 28.8 Å². The molecule has 0 aromatic heterocycles. The van der Waals surface area contributed by atoms with Crippen molar-refractivity contribution in [3.05, 3.63) is 88.4 Å². The van der Waals surface area contributed by atoms with Crippen molar-refractivity contribution in [2.75, 3.05) is 13.7 Å². The van der Waals surface area contributed by atoms with Gasteiger partial charge in [-0.3, -0.25) is 10.3 Å². The van der Waals surface area contributed by atoms with E-state index < -0.39 is 0 Å². The third-order valence-corrected chi connectivity index (χ3v) is 5.61. The number of para-hydroxylation sites is 1. The summed E-state index contributed by atoms with van der Waals surface area (Å²) in [4.78, 5) is 4.98. The molecule has 0 bridgehead atoms. The molecule has 0 fully saturated rings. The topological polar surface area (TPSA) is 63.1 Å². The van der Waals surface area contributed by atoms with Crippen molar-refractivity contribution in [1.82, 2.24) is 5.32 Å². The Labute approximate surface area is 187 Å². The Bertz CT molecular complexity index is 1070. The molecule has 2 atom stereocenters. The number of ether oxygens (including phenoxy) is 2. The van der Waals surface area contributed by atoms with Crippen LogP contribution < -0.4 is 14.8 Å². The highest BCUT2D eigenvalue weighted by Gasteiger charge is 2.28. The SMILES string of the molecule is CCOc1cccc([C@H]2CC(c3ccc(OC)cc3)=N[C@@H](c3ccc(Cl)cc3)N2)c1O. The number of aromatic hydroxyl groups is 1. The molecular weight excluding hydrogens is 412 g/mol. The van der Waals surface area contributed by atoms with E-state index in [0.29, 0.717) is 23.8 Å². The number of benzene rings is 3. The normalized spacial score (nSPS) is 18.4. The molecule has 4 rings (SSSR count). The molecular formula is C25H25ClN2O3. The number of nitrogens with one attached hydrogen (secondary N) is 1. The van der Waals surface area contributed by atoms with E-state index in [-0.39, 0.29) is 18.0 Å². The predicted molar refractivity (Wildman–Crippen MR) is 123 cm³/mol. The van der Waals surface area contributed by atoms with Gasteiger partial charge in [0.1, 0.15) is 11.9 Å². The Morgan fingerprint density at radius 1 is 1.06 bits per heavy atom. The van der Waals surface area contributed by atoms with Crippen LogP contribution in [0.3, 0.4) is 0 Å². The Hall–Kier alpha value is -3.02. The molecule has 3 aromatic rings. The molecule has 1 aliphatic rings. The summed E-state index contributed by atoms with van der Waals surface area (Å²) in [5.74, 6) is 1.44. The van der Waals surface area contributed by atoms with Crippen molar-refractivity contribution in [1.29, 1.82) is 0 Å². The van der Waals surface area contributed by atoms with E-state index in [1.165, 1.54) is 0 Å². The monoisotopic (exact) mass is 436 g/mol. The quantitative estimate of drug-likeness (QED) is 0.522. The highest BCUT2D eigenvalue weighted by atomic mass is 35.5. The lowest BCUT2D eigenvalue weighted by Crippen LogP contribution is -2.33. The second kappa shape index (κ2) is 9.41. The van der Waals surface area contributed by atoms with Gasteiger partial charge in [-0.1, -0.05) is 35.9 Å². The second-order valence-corrected chi connectivity index (χ2v) is 7.75. The van der Waals surface area contributed by atoms with Crippen LogP contribution in [0, 0.1) is 0 Å². The van der Waals surface area contributed by atoms with E-state index in [9.17, 15) is 5.11 Å². The molecule has 0 saturated carbocycles. The lowest BCUT2D eigenvalue weighted by molar-refractivity contribution is 0.313. The smallest absolute Gasteiger partial charge is 0.162 e. The van der Waals surface area contributed by atoms with Gasteiger partial charge in [-0.05, 0) is 60.5 Å². The first-order chi connectivity index (χ1) is 15.1. The minimum atomic E-state index is -0.275. The summed E-state index contributed by atoms with van der Waals surface area (Å²) in [6.45, 7) is 2.39. The van der Waals surface area contributed by atoms with Gasteiger partial charge in [0.2, 0.25) is 0 Å². The first-order valence-corrected chi connectivity index (χ1v) is 10.6. The van der Waals surface area contributed by atoms with Gasteiger partial charge in [-0.2, -0.15) is 0 Å². The minimum absolute atomic E-state index is 0.143. The second-order valence-electron chi connectivity index (χ2n) is 7.31. The maximum atomic E-state index is 10.9. The molecule has 3 aromatic carbocycles. The summed E-state index contributed by atoms with van der Waals surface area (Å²) in [6, 6.07) is 21.0. The van der Waals surface area contributed by atoms with Gasteiger partial charge in [0.15, 0.2) is 11.5 Å². The number of aliphatic imine (C=N–C) groups is 1. The van der Waals surface area contributed by atoms with E-state index in [4.69, 9.17) is 26.1 Å². The summed E-state index contributed by atoms with van der Waals surface area (Å²) in [6.07, 6.45) is 0.350. The molecule has 2 N–H and O–H groups in total. The summed E-state index contributed by atoms with van der Waals surface area (Å²) >= 11 is 6.08. The predicted octanol–water partition coefficient (Wildman–Crippen LogP) is 5.68. The molecule has 0 amide bonds. The van der Waals surface area contributed by atoms with Crippen molar-refractivity contribution < 1.29 is 14.6 Å². The standard InChI is InChI=1S/C25H25ClN2O3/c1-3-31-23-6-4-5-20(24(23)29)22-15-21(16-9-13-19(30-2)14-10-16)27-25(28-22)17-7-11-18(26)12-8-17/h4-14,22,25,28-29H,3,15H2,1-2H3/t22-,25-/m1/s1. The molecule has 160 valence electrons. The number of phenols is 1. The molecule has 0 radical (unpaired) electrons. The van der Waals surface area contributed by atoms with Gasteiger partial charge < -0.3 is 14.6 Å². The molecule has 31 heavy (non-hydrogen) atoms. The van der Waals surface area contributed by atoms with Crippen LogP contribution in [0.25, 0.3) is 0 Å². The Kier molecular flexibility index (Phi) is 6.44. The van der Waals surface area contributed by atoms with Crippen molar-refractivity contribution in [2.45, 2.75) is 25.6 Å². The van der Waals surface area contributed by atoms with Crippen LogP contribution in [0.5, 0.6) is 17.2 Å². The molecule has 1 aliphatic heterocycles. The zero-order chi connectivity index (χ0) is 21.8. The van der Waals surface area contributed by atoms with Crippen LogP contribution in [-0.4, -0.2) is 24.5 Å². The highest BCUT2D eigenvalue weighted by Crippen LogP contribution is 2.39. The Balaban J connectivity index is 1.73. The third-order valence-electron chi connectivity index (χ3n) is 5.36. The van der Waals surface area contributed by atoms with Crippen LogP contribution in [0.4, 0.5) is 0 Å². The minimum Gasteiger partial charge on any atom is -0.504 e. The zero-order valence-electron chi connectivity index (χ0n) is 17.5. The van der Waals surface area contributed by atoms with Crippen LogP contribution >= 0.6 is 11.6 Å². The van der Waals surface area contributed by atoms with Gasteiger partial charge in [0.25, 0.3) is 0 Å². The number of phenolic OH excluding ortho intramolecular Hbond substituents is 1. The molecule has 0 unspecified atom stereocenters. The molecule has 0 aliphatic carbocycles. The van der Waals surface area contributed by atoms with Crippen LogP contribution in [0.1, 0.15) is 42.2 Å². The average Bonchev–Trinajstić information content (AvgIpc) is 2.81. The fraction of sp³-hybridized carbons (Fsp3) is 0.240. The lowest BCUT2D eigenvalue weighted by Gasteiger charge is -2.31. The fourth-order valence-corrected chi connectivity index (χ4v) is 3.90. The average molecular weight is 437 g/mol. The van der Waals surface area contributed by atoms with Gasteiger partial charge in [-0.25, -0.2) is 0 Å². The number of methoxy groups -OCH3 is 1. The van der Waals surface area contributed by atoms with Gasteiger partial charge in [0.05, 0.1) is 13.7 Å². The number of nitrogens with zero attached hydrogens (tertiary/aromatic N) is 1. The van der Waals surface area contributed by atoms with E-state index in [1.54, 1.807) is 13.2 Å². The molecule has 1 heterocycles. The number of hydrogen-bond acceptors (Lipinski definition) is 5. The van der Waals surface area contributed by atoms with Crippen LogP contribution in [-0.2, 0) is 0 Å². The van der Waals surface area contributed by atoms with Crippen LogP contribution in [0.15, 0.2) is 71.7 Å². The van der Waals surface area contributed by atoms with E-state index in [0.717, 1.165) is 28.2 Å². The van der Waals surface area contributed by atoms with Crippen molar-refractivity contribution in [3.63, 3.8) is 0 Å². The number of rotatable bonds is 6. The maximum Gasteiger partial charge on any atom is 0.162 e. The van der Waals surface area contributed by atoms with Crippen molar-refractivity contribution in [3.8, 4) is 17.2 Å². The summed E-state index contributed by atoms with van der Waals surface area (Å²) < 4.78 is 10.9. The van der Waals surface area contributed by atoms with E-state index in [1.807, 2.05) is 67.6 Å². The summed E-state index contributed by atoms with van der Waals surface area (Å²) in [7, 11) is 1.65.